The summed E-state index contributed by atoms with van der Waals surface area (Å²) in [4.78, 5) is 0. The quantitative estimate of drug-likeness (QED) is 0.757. The van der Waals surface area contributed by atoms with Crippen LogP contribution in [0.4, 0.5) is 18.9 Å². The summed E-state index contributed by atoms with van der Waals surface area (Å²) < 4.78 is 39.9. The van der Waals surface area contributed by atoms with Crippen LogP contribution in [0.1, 0.15) is 5.56 Å². The van der Waals surface area contributed by atoms with Gasteiger partial charge in [0.1, 0.15) is 17.5 Å². The van der Waals surface area contributed by atoms with Crippen molar-refractivity contribution in [1.82, 2.24) is 0 Å². The molecule has 1 N–H and O–H groups in total. The van der Waals surface area contributed by atoms with Crippen molar-refractivity contribution in [3.63, 3.8) is 0 Å². The van der Waals surface area contributed by atoms with E-state index in [0.717, 1.165) is 6.07 Å². The standard InChI is InChI=1S/C13H8BrClF3N/c14-8-4-13(12(18)5-10(8)16)19-6-7-1-2-9(15)11(17)3-7/h1-5,19H,6H2. The van der Waals surface area contributed by atoms with E-state index in [-0.39, 0.29) is 21.7 Å². The van der Waals surface area contributed by atoms with Crippen molar-refractivity contribution >= 4 is 33.2 Å². The molecule has 0 saturated heterocycles. The van der Waals surface area contributed by atoms with Crippen molar-refractivity contribution in [3.05, 3.63) is 62.8 Å². The third-order valence-corrected chi connectivity index (χ3v) is 3.39. The van der Waals surface area contributed by atoms with E-state index in [0.29, 0.717) is 5.56 Å². The van der Waals surface area contributed by atoms with Crippen molar-refractivity contribution in [2.75, 3.05) is 5.32 Å². The van der Waals surface area contributed by atoms with E-state index in [4.69, 9.17) is 11.6 Å². The smallest absolute Gasteiger partial charge is 0.149 e. The van der Waals surface area contributed by atoms with Gasteiger partial charge < -0.3 is 5.32 Å². The molecule has 0 aliphatic carbocycles. The molecule has 0 heterocycles. The molecule has 0 aromatic heterocycles. The van der Waals surface area contributed by atoms with Crippen molar-refractivity contribution in [3.8, 4) is 0 Å². The van der Waals surface area contributed by atoms with Crippen molar-refractivity contribution in [1.29, 1.82) is 0 Å². The predicted molar refractivity (Wildman–Crippen MR) is 72.8 cm³/mol. The molecule has 0 fully saturated rings. The van der Waals surface area contributed by atoms with Crippen molar-refractivity contribution < 1.29 is 13.2 Å². The van der Waals surface area contributed by atoms with Gasteiger partial charge in [0.15, 0.2) is 0 Å². The molecule has 0 aliphatic rings. The van der Waals surface area contributed by atoms with E-state index in [9.17, 15) is 13.2 Å². The van der Waals surface area contributed by atoms with Gasteiger partial charge in [-0.3, -0.25) is 0 Å². The lowest BCUT2D eigenvalue weighted by molar-refractivity contribution is 0.580. The largest absolute Gasteiger partial charge is 0.379 e. The van der Waals surface area contributed by atoms with Crippen LogP contribution < -0.4 is 5.32 Å². The van der Waals surface area contributed by atoms with Crippen LogP contribution >= 0.6 is 27.5 Å². The van der Waals surface area contributed by atoms with Crippen LogP contribution in [-0.4, -0.2) is 0 Å². The minimum Gasteiger partial charge on any atom is -0.379 e. The second-order valence-electron chi connectivity index (χ2n) is 3.85. The summed E-state index contributed by atoms with van der Waals surface area (Å²) in [5.41, 5.74) is 0.727. The van der Waals surface area contributed by atoms with Gasteiger partial charge in [0.25, 0.3) is 0 Å². The van der Waals surface area contributed by atoms with E-state index in [1.807, 2.05) is 0 Å². The Bertz CT molecular complexity index is 619. The summed E-state index contributed by atoms with van der Waals surface area (Å²) in [6, 6.07) is 6.36. The highest BCUT2D eigenvalue weighted by molar-refractivity contribution is 9.10. The molecule has 0 aliphatic heterocycles. The fourth-order valence-corrected chi connectivity index (χ4v) is 1.97. The summed E-state index contributed by atoms with van der Waals surface area (Å²) >= 11 is 8.53. The second kappa shape index (κ2) is 5.84. The first-order valence-electron chi connectivity index (χ1n) is 5.29. The van der Waals surface area contributed by atoms with Crippen LogP contribution in [0.2, 0.25) is 5.02 Å². The summed E-state index contributed by atoms with van der Waals surface area (Å²) in [7, 11) is 0. The van der Waals surface area contributed by atoms with Crippen LogP contribution in [-0.2, 0) is 6.54 Å². The summed E-state index contributed by atoms with van der Waals surface area (Å²) in [6.45, 7) is 0.198. The molecule has 0 amide bonds. The maximum Gasteiger partial charge on any atom is 0.149 e. The average molecular weight is 351 g/mol. The lowest BCUT2D eigenvalue weighted by Crippen LogP contribution is -2.02. The zero-order chi connectivity index (χ0) is 14.0. The number of hydrogen-bond acceptors (Lipinski definition) is 1. The second-order valence-corrected chi connectivity index (χ2v) is 5.11. The van der Waals surface area contributed by atoms with Crippen molar-refractivity contribution in [2.45, 2.75) is 6.54 Å². The van der Waals surface area contributed by atoms with Gasteiger partial charge in [-0.25, -0.2) is 13.2 Å². The lowest BCUT2D eigenvalue weighted by Gasteiger charge is -2.09. The Kier molecular flexibility index (Phi) is 4.37. The van der Waals surface area contributed by atoms with Gasteiger partial charge in [-0.1, -0.05) is 17.7 Å². The Morgan fingerprint density at radius 3 is 2.42 bits per heavy atom. The van der Waals surface area contributed by atoms with Gasteiger partial charge in [0, 0.05) is 12.6 Å². The zero-order valence-electron chi connectivity index (χ0n) is 9.48. The first kappa shape index (κ1) is 14.2. The maximum absolute atomic E-state index is 13.5. The first-order chi connectivity index (χ1) is 8.97. The molecule has 6 heteroatoms. The van der Waals surface area contributed by atoms with Crippen molar-refractivity contribution in [2.24, 2.45) is 0 Å². The van der Waals surface area contributed by atoms with Crippen LogP contribution in [0.3, 0.4) is 0 Å². The number of benzene rings is 2. The topological polar surface area (TPSA) is 12.0 Å². The van der Waals surface area contributed by atoms with Gasteiger partial charge in [-0.05, 0) is 39.7 Å². The molecule has 0 unspecified atom stereocenters. The van der Waals surface area contributed by atoms with Crippen LogP contribution in [0.15, 0.2) is 34.8 Å². The van der Waals surface area contributed by atoms with Gasteiger partial charge in [-0.15, -0.1) is 0 Å². The number of halogens is 5. The highest BCUT2D eigenvalue weighted by Crippen LogP contribution is 2.24. The van der Waals surface area contributed by atoms with Gasteiger partial charge in [0.05, 0.1) is 15.2 Å². The molecule has 0 bridgehead atoms. The predicted octanol–water partition coefficient (Wildman–Crippen LogP) is 5.13. The molecule has 2 rings (SSSR count). The number of hydrogen-bond donors (Lipinski definition) is 1. The number of rotatable bonds is 3. The fourth-order valence-electron chi connectivity index (χ4n) is 1.50. The maximum atomic E-state index is 13.5. The third kappa shape index (κ3) is 3.42. The van der Waals surface area contributed by atoms with E-state index < -0.39 is 17.5 Å². The first-order valence-corrected chi connectivity index (χ1v) is 6.47. The molecule has 0 radical (unpaired) electrons. The Morgan fingerprint density at radius 2 is 1.74 bits per heavy atom. The van der Waals surface area contributed by atoms with Crippen LogP contribution in [0, 0.1) is 17.5 Å². The Labute approximate surface area is 121 Å². The highest BCUT2D eigenvalue weighted by Gasteiger charge is 2.08. The summed E-state index contributed by atoms with van der Waals surface area (Å²) in [5.74, 6) is -1.93. The van der Waals surface area contributed by atoms with Crippen LogP contribution in [0.25, 0.3) is 0 Å². The molecule has 0 saturated carbocycles. The minimum absolute atomic E-state index is 0.0273. The third-order valence-electron chi connectivity index (χ3n) is 2.48. The summed E-state index contributed by atoms with van der Waals surface area (Å²) in [6.07, 6.45) is 0. The van der Waals surface area contributed by atoms with Gasteiger partial charge in [0.2, 0.25) is 0 Å². The van der Waals surface area contributed by atoms with Crippen LogP contribution in [0.5, 0.6) is 0 Å². The van der Waals surface area contributed by atoms with E-state index in [1.54, 1.807) is 6.07 Å². The Hall–Kier alpha value is -1.20. The monoisotopic (exact) mass is 349 g/mol. The Morgan fingerprint density at radius 1 is 1.00 bits per heavy atom. The highest BCUT2D eigenvalue weighted by atomic mass is 79.9. The molecular formula is C13H8BrClF3N. The molecule has 0 spiro atoms. The Balaban J connectivity index is 2.14. The minimum atomic E-state index is -0.713. The van der Waals surface area contributed by atoms with E-state index >= 15 is 0 Å². The average Bonchev–Trinajstić information content (AvgIpc) is 2.36. The number of anilines is 1. The molecular weight excluding hydrogens is 343 g/mol. The SMILES string of the molecule is Fc1cc(CNc2cc(Br)c(F)cc2F)ccc1Cl. The normalized spacial score (nSPS) is 10.6. The molecule has 2 aromatic carbocycles. The molecule has 0 atom stereocenters. The van der Waals surface area contributed by atoms with Gasteiger partial charge >= 0.3 is 0 Å². The lowest BCUT2D eigenvalue weighted by atomic mass is 10.2. The molecule has 100 valence electrons. The number of nitrogens with one attached hydrogen (secondary N) is 1. The molecule has 2 aromatic rings. The zero-order valence-corrected chi connectivity index (χ0v) is 11.8. The van der Waals surface area contributed by atoms with E-state index in [1.165, 1.54) is 18.2 Å². The fraction of sp³-hybridized carbons (Fsp3) is 0.0769. The van der Waals surface area contributed by atoms with Gasteiger partial charge in [-0.2, -0.15) is 0 Å². The van der Waals surface area contributed by atoms with E-state index in [2.05, 4.69) is 21.2 Å². The molecule has 19 heavy (non-hydrogen) atoms. The summed E-state index contributed by atoms with van der Waals surface area (Å²) in [5, 5.41) is 2.79. The molecule has 1 nitrogen and oxygen atoms in total.